The lowest BCUT2D eigenvalue weighted by molar-refractivity contribution is -0.0523. The van der Waals surface area contributed by atoms with E-state index in [0.29, 0.717) is 6.42 Å². The van der Waals surface area contributed by atoms with E-state index < -0.39 is 15.6 Å². The van der Waals surface area contributed by atoms with Crippen molar-refractivity contribution >= 4 is 10.1 Å². The van der Waals surface area contributed by atoms with Crippen LogP contribution in [0.4, 0.5) is 13.2 Å². The molecule has 104 valence electrons. The third kappa shape index (κ3) is 2.49. The van der Waals surface area contributed by atoms with Crippen LogP contribution in [0.1, 0.15) is 19.3 Å². The molecule has 0 aromatic carbocycles. The SMILES string of the molecule is COC1CC2C=C(OS(=O)(=O)C(F)(F)F)CC2C1. The van der Waals surface area contributed by atoms with Crippen molar-refractivity contribution in [2.75, 3.05) is 7.11 Å². The predicted octanol–water partition coefficient (Wildman–Crippen LogP) is 2.18. The number of allylic oxidation sites excluding steroid dienone is 2. The summed E-state index contributed by atoms with van der Waals surface area (Å²) in [5.74, 6) is 0.0682. The van der Waals surface area contributed by atoms with Gasteiger partial charge in [-0.1, -0.05) is 0 Å². The van der Waals surface area contributed by atoms with Crippen LogP contribution in [0.5, 0.6) is 0 Å². The molecule has 0 radical (unpaired) electrons. The highest BCUT2D eigenvalue weighted by Crippen LogP contribution is 2.45. The largest absolute Gasteiger partial charge is 0.534 e. The molecule has 8 heteroatoms. The van der Waals surface area contributed by atoms with Gasteiger partial charge in [0.05, 0.1) is 6.10 Å². The van der Waals surface area contributed by atoms with Gasteiger partial charge in [-0.05, 0) is 30.8 Å². The van der Waals surface area contributed by atoms with Crippen molar-refractivity contribution in [3.63, 3.8) is 0 Å². The Morgan fingerprint density at radius 1 is 1.33 bits per heavy atom. The first-order chi connectivity index (χ1) is 8.23. The van der Waals surface area contributed by atoms with Crippen LogP contribution in [0.2, 0.25) is 0 Å². The maximum absolute atomic E-state index is 12.1. The molecule has 2 aliphatic carbocycles. The highest BCUT2D eigenvalue weighted by molar-refractivity contribution is 7.87. The van der Waals surface area contributed by atoms with E-state index in [1.54, 1.807) is 7.11 Å². The van der Waals surface area contributed by atoms with Gasteiger partial charge in [0.25, 0.3) is 0 Å². The predicted molar refractivity (Wildman–Crippen MR) is 55.8 cm³/mol. The average Bonchev–Trinajstić information content (AvgIpc) is 2.71. The van der Waals surface area contributed by atoms with E-state index in [0.717, 1.165) is 6.42 Å². The van der Waals surface area contributed by atoms with Gasteiger partial charge in [-0.2, -0.15) is 21.6 Å². The molecule has 2 rings (SSSR count). The maximum Gasteiger partial charge on any atom is 0.534 e. The molecule has 3 unspecified atom stereocenters. The maximum atomic E-state index is 12.1. The fraction of sp³-hybridized carbons (Fsp3) is 0.800. The zero-order chi connectivity index (χ0) is 13.6. The van der Waals surface area contributed by atoms with Crippen LogP contribution in [0.15, 0.2) is 11.8 Å². The summed E-state index contributed by atoms with van der Waals surface area (Å²) in [4.78, 5) is 0. The van der Waals surface area contributed by atoms with E-state index in [4.69, 9.17) is 4.74 Å². The molecular weight excluding hydrogens is 273 g/mol. The Kier molecular flexibility index (Phi) is 3.35. The van der Waals surface area contributed by atoms with Crippen molar-refractivity contribution in [3.8, 4) is 0 Å². The number of halogens is 3. The fourth-order valence-corrected chi connectivity index (χ4v) is 3.05. The summed E-state index contributed by atoms with van der Waals surface area (Å²) in [5.41, 5.74) is -5.37. The number of hydrogen-bond donors (Lipinski definition) is 0. The van der Waals surface area contributed by atoms with Crippen LogP contribution >= 0.6 is 0 Å². The van der Waals surface area contributed by atoms with Crippen molar-refractivity contribution < 1.29 is 30.5 Å². The van der Waals surface area contributed by atoms with E-state index in [-0.39, 0.29) is 30.1 Å². The lowest BCUT2D eigenvalue weighted by atomic mass is 10.0. The lowest BCUT2D eigenvalue weighted by Gasteiger charge is -2.12. The van der Waals surface area contributed by atoms with Crippen LogP contribution in [-0.2, 0) is 19.0 Å². The third-order valence-corrected chi connectivity index (χ3v) is 4.40. The van der Waals surface area contributed by atoms with E-state index in [1.165, 1.54) is 6.08 Å². The number of ether oxygens (including phenoxy) is 1. The Morgan fingerprint density at radius 3 is 2.50 bits per heavy atom. The molecule has 0 aromatic rings. The monoisotopic (exact) mass is 286 g/mol. The van der Waals surface area contributed by atoms with Crippen LogP contribution in [0.25, 0.3) is 0 Å². The molecule has 0 bridgehead atoms. The van der Waals surface area contributed by atoms with Crippen molar-refractivity contribution in [1.29, 1.82) is 0 Å². The molecule has 0 N–H and O–H groups in total. The quantitative estimate of drug-likeness (QED) is 0.589. The first kappa shape index (κ1) is 13.7. The van der Waals surface area contributed by atoms with Crippen LogP contribution in [0, 0.1) is 11.8 Å². The van der Waals surface area contributed by atoms with E-state index in [1.807, 2.05) is 0 Å². The molecule has 18 heavy (non-hydrogen) atoms. The van der Waals surface area contributed by atoms with Crippen LogP contribution < -0.4 is 0 Å². The van der Waals surface area contributed by atoms with Gasteiger partial charge >= 0.3 is 15.6 Å². The average molecular weight is 286 g/mol. The summed E-state index contributed by atoms with van der Waals surface area (Å²) in [6.07, 6.45) is 3.21. The van der Waals surface area contributed by atoms with Gasteiger partial charge in [-0.15, -0.1) is 0 Å². The van der Waals surface area contributed by atoms with Crippen molar-refractivity contribution in [1.82, 2.24) is 0 Å². The number of alkyl halides is 3. The summed E-state index contributed by atoms with van der Waals surface area (Å²) in [7, 11) is -3.95. The Hall–Kier alpha value is -0.760. The molecule has 1 fully saturated rings. The number of hydrogen-bond acceptors (Lipinski definition) is 4. The third-order valence-electron chi connectivity index (χ3n) is 3.40. The van der Waals surface area contributed by atoms with Crippen LogP contribution in [0.3, 0.4) is 0 Å². The second-order valence-corrected chi connectivity index (χ2v) is 6.11. The number of methoxy groups -OCH3 is 1. The van der Waals surface area contributed by atoms with Gasteiger partial charge < -0.3 is 8.92 Å². The Morgan fingerprint density at radius 2 is 2.00 bits per heavy atom. The minimum atomic E-state index is -5.53. The van der Waals surface area contributed by atoms with Gasteiger partial charge in [0, 0.05) is 13.5 Å². The zero-order valence-corrected chi connectivity index (χ0v) is 10.4. The van der Waals surface area contributed by atoms with Crippen molar-refractivity contribution in [2.45, 2.75) is 30.9 Å². The lowest BCUT2D eigenvalue weighted by Crippen LogP contribution is -2.25. The van der Waals surface area contributed by atoms with Gasteiger partial charge in [0.1, 0.15) is 5.76 Å². The van der Waals surface area contributed by atoms with Gasteiger partial charge in [0.2, 0.25) is 0 Å². The zero-order valence-electron chi connectivity index (χ0n) is 9.61. The second-order valence-electron chi connectivity index (χ2n) is 4.57. The minimum Gasteiger partial charge on any atom is -0.381 e. The molecule has 4 nitrogen and oxygen atoms in total. The standard InChI is InChI=1S/C10H13F3O4S/c1-16-8-2-6-4-9(5-7(6)3-8)17-18(14,15)10(11,12)13/h4,6-8H,2-3,5H2,1H3. The molecule has 3 atom stereocenters. The van der Waals surface area contributed by atoms with Crippen LogP contribution in [-0.4, -0.2) is 27.1 Å². The summed E-state index contributed by atoms with van der Waals surface area (Å²) in [5, 5.41) is 0. The molecule has 1 saturated carbocycles. The summed E-state index contributed by atoms with van der Waals surface area (Å²) in [6.45, 7) is 0. The van der Waals surface area contributed by atoms with Gasteiger partial charge in [-0.3, -0.25) is 0 Å². The summed E-state index contributed by atoms with van der Waals surface area (Å²) < 4.78 is 67.4. The highest BCUT2D eigenvalue weighted by Gasteiger charge is 2.50. The molecular formula is C10H13F3O4S. The van der Waals surface area contributed by atoms with E-state index >= 15 is 0 Å². The first-order valence-electron chi connectivity index (χ1n) is 5.47. The molecule has 0 spiro atoms. The molecule has 0 aromatic heterocycles. The molecule has 0 amide bonds. The topological polar surface area (TPSA) is 52.6 Å². The Balaban J connectivity index is 2.03. The van der Waals surface area contributed by atoms with Crippen molar-refractivity contribution in [2.24, 2.45) is 11.8 Å². The first-order valence-corrected chi connectivity index (χ1v) is 6.88. The van der Waals surface area contributed by atoms with Gasteiger partial charge in [0.15, 0.2) is 0 Å². The van der Waals surface area contributed by atoms with E-state index in [9.17, 15) is 21.6 Å². The molecule has 0 aliphatic heterocycles. The second kappa shape index (κ2) is 4.41. The smallest absolute Gasteiger partial charge is 0.381 e. The van der Waals surface area contributed by atoms with Gasteiger partial charge in [-0.25, -0.2) is 0 Å². The Bertz CT molecular complexity index is 454. The molecule has 0 heterocycles. The van der Waals surface area contributed by atoms with Crippen molar-refractivity contribution in [3.05, 3.63) is 11.8 Å². The summed E-state index contributed by atoms with van der Waals surface area (Å²) >= 11 is 0. The number of rotatable bonds is 3. The Labute approximate surface area is 103 Å². The molecule has 2 aliphatic rings. The highest BCUT2D eigenvalue weighted by atomic mass is 32.2. The number of fused-ring (bicyclic) bond motifs is 1. The minimum absolute atomic E-state index is 0.0494. The fourth-order valence-electron chi connectivity index (χ4n) is 2.55. The molecule has 0 saturated heterocycles. The normalized spacial score (nSPS) is 32.2. The summed E-state index contributed by atoms with van der Waals surface area (Å²) in [6, 6.07) is 0. The van der Waals surface area contributed by atoms with E-state index in [2.05, 4.69) is 4.18 Å².